The molecular weight excluding hydrogens is 374 g/mol. The molecule has 2 saturated carbocycles. The quantitative estimate of drug-likeness (QED) is 0.775. The van der Waals surface area contributed by atoms with E-state index in [4.69, 9.17) is 21.3 Å². The first kappa shape index (κ1) is 17.7. The summed E-state index contributed by atoms with van der Waals surface area (Å²) in [5.41, 5.74) is 1.51. The van der Waals surface area contributed by atoms with E-state index in [1.165, 1.54) is 12.8 Å². The van der Waals surface area contributed by atoms with Gasteiger partial charge in [0.1, 0.15) is 22.8 Å². The van der Waals surface area contributed by atoms with E-state index in [1.807, 2.05) is 6.07 Å². The van der Waals surface area contributed by atoms with Crippen LogP contribution >= 0.6 is 11.6 Å². The predicted molar refractivity (Wildman–Crippen MR) is 107 cm³/mol. The van der Waals surface area contributed by atoms with E-state index >= 15 is 0 Å². The van der Waals surface area contributed by atoms with E-state index in [9.17, 15) is 5.26 Å². The third-order valence-electron chi connectivity index (χ3n) is 5.70. The summed E-state index contributed by atoms with van der Waals surface area (Å²) < 4.78 is 6.08. The lowest BCUT2D eigenvalue weighted by Crippen LogP contribution is -2.52. The number of anilines is 1. The topological polar surface area (TPSA) is 74.1 Å². The van der Waals surface area contributed by atoms with Crippen LogP contribution in [0.5, 0.6) is 11.5 Å². The highest BCUT2D eigenvalue weighted by molar-refractivity contribution is 6.29. The van der Waals surface area contributed by atoms with Gasteiger partial charge in [-0.1, -0.05) is 11.6 Å². The summed E-state index contributed by atoms with van der Waals surface area (Å²) in [7, 11) is 0. The van der Waals surface area contributed by atoms with Crippen LogP contribution in [-0.4, -0.2) is 35.6 Å². The predicted octanol–water partition coefficient (Wildman–Crippen LogP) is 3.86. The summed E-state index contributed by atoms with van der Waals surface area (Å²) >= 11 is 5.98. The molecule has 1 aliphatic heterocycles. The van der Waals surface area contributed by atoms with Gasteiger partial charge < -0.3 is 15.0 Å². The van der Waals surface area contributed by atoms with E-state index < -0.39 is 0 Å². The van der Waals surface area contributed by atoms with Crippen molar-refractivity contribution in [2.75, 3.05) is 24.5 Å². The number of ether oxygens (including phenoxy) is 1. The Balaban J connectivity index is 1.48. The highest BCUT2D eigenvalue weighted by atomic mass is 35.5. The van der Waals surface area contributed by atoms with Gasteiger partial charge in [0.2, 0.25) is 0 Å². The monoisotopic (exact) mass is 395 g/mol. The Kier molecular flexibility index (Phi) is 4.58. The molecule has 7 heteroatoms. The van der Waals surface area contributed by atoms with Gasteiger partial charge in [-0.2, -0.15) is 5.26 Å². The van der Waals surface area contributed by atoms with Crippen molar-refractivity contribution < 1.29 is 4.74 Å². The molecule has 0 bridgehead atoms. The number of nitrogens with one attached hydrogen (secondary N) is 1. The molecule has 5 rings (SSSR count). The SMILES string of the molecule is N#Cc1cc(Oc2ccnc(Cl)c2)c(C2CC2)nc1N1CCNC(C2CC2)C1. The number of nitrogens with zero attached hydrogens (tertiary/aromatic N) is 4. The normalized spacial score (nSPS) is 22.0. The number of piperazine rings is 1. The molecule has 1 saturated heterocycles. The van der Waals surface area contributed by atoms with Crippen LogP contribution in [0.2, 0.25) is 5.15 Å². The van der Waals surface area contributed by atoms with E-state index in [-0.39, 0.29) is 0 Å². The smallest absolute Gasteiger partial charge is 0.150 e. The number of halogens is 1. The summed E-state index contributed by atoms with van der Waals surface area (Å²) in [5.74, 6) is 3.24. The Morgan fingerprint density at radius 1 is 1.25 bits per heavy atom. The van der Waals surface area contributed by atoms with Crippen LogP contribution in [0, 0.1) is 17.2 Å². The largest absolute Gasteiger partial charge is 0.455 e. The molecule has 1 atom stereocenters. The second-order valence-corrected chi connectivity index (χ2v) is 8.28. The fraction of sp³-hybridized carbons (Fsp3) is 0.476. The minimum absolute atomic E-state index is 0.377. The first-order chi connectivity index (χ1) is 13.7. The zero-order valence-electron chi connectivity index (χ0n) is 15.6. The fourth-order valence-corrected chi connectivity index (χ4v) is 4.08. The second kappa shape index (κ2) is 7.23. The van der Waals surface area contributed by atoms with Crippen molar-refractivity contribution in [1.82, 2.24) is 15.3 Å². The average molecular weight is 396 g/mol. The van der Waals surface area contributed by atoms with Gasteiger partial charge >= 0.3 is 0 Å². The summed E-state index contributed by atoms with van der Waals surface area (Å²) in [6.07, 6.45) is 6.44. The van der Waals surface area contributed by atoms with E-state index in [0.29, 0.717) is 34.2 Å². The van der Waals surface area contributed by atoms with Crippen LogP contribution in [-0.2, 0) is 0 Å². The van der Waals surface area contributed by atoms with E-state index in [0.717, 1.165) is 49.9 Å². The molecule has 0 amide bonds. The van der Waals surface area contributed by atoms with Crippen LogP contribution in [0.25, 0.3) is 0 Å². The average Bonchev–Trinajstić information content (AvgIpc) is 3.61. The number of aromatic nitrogens is 2. The van der Waals surface area contributed by atoms with Gasteiger partial charge in [-0.3, -0.25) is 0 Å². The molecule has 6 nitrogen and oxygen atoms in total. The molecule has 1 unspecified atom stereocenters. The van der Waals surface area contributed by atoms with Crippen LogP contribution in [0.15, 0.2) is 24.4 Å². The van der Waals surface area contributed by atoms with E-state index in [2.05, 4.69) is 21.3 Å². The Morgan fingerprint density at radius 2 is 2.11 bits per heavy atom. The lowest BCUT2D eigenvalue weighted by Gasteiger charge is -2.35. The molecule has 28 heavy (non-hydrogen) atoms. The molecule has 0 aromatic carbocycles. The van der Waals surface area contributed by atoms with Crippen molar-refractivity contribution in [3.63, 3.8) is 0 Å². The van der Waals surface area contributed by atoms with Crippen molar-refractivity contribution in [2.24, 2.45) is 5.92 Å². The Morgan fingerprint density at radius 3 is 2.82 bits per heavy atom. The lowest BCUT2D eigenvalue weighted by atomic mass is 10.1. The molecular formula is C21H22ClN5O. The number of hydrogen-bond acceptors (Lipinski definition) is 6. The highest BCUT2D eigenvalue weighted by Gasteiger charge is 2.36. The Bertz CT molecular complexity index is 935. The molecule has 3 heterocycles. The summed E-state index contributed by atoms with van der Waals surface area (Å²) in [4.78, 5) is 11.2. The van der Waals surface area contributed by atoms with Gasteiger partial charge in [-0.15, -0.1) is 0 Å². The van der Waals surface area contributed by atoms with Gasteiger partial charge in [0, 0.05) is 49.9 Å². The molecule has 1 N–H and O–H groups in total. The minimum Gasteiger partial charge on any atom is -0.455 e. The molecule has 2 aliphatic carbocycles. The van der Waals surface area contributed by atoms with Crippen molar-refractivity contribution in [3.8, 4) is 17.6 Å². The maximum absolute atomic E-state index is 9.80. The van der Waals surface area contributed by atoms with Gasteiger partial charge in [-0.25, -0.2) is 9.97 Å². The van der Waals surface area contributed by atoms with Crippen LogP contribution < -0.4 is 15.0 Å². The second-order valence-electron chi connectivity index (χ2n) is 7.89. The molecule has 3 fully saturated rings. The number of rotatable bonds is 5. The van der Waals surface area contributed by atoms with Gasteiger partial charge in [0.05, 0.1) is 11.3 Å². The third kappa shape index (κ3) is 3.65. The van der Waals surface area contributed by atoms with Crippen molar-refractivity contribution in [3.05, 3.63) is 40.8 Å². The van der Waals surface area contributed by atoms with Crippen LogP contribution in [0.4, 0.5) is 5.82 Å². The van der Waals surface area contributed by atoms with Crippen molar-refractivity contribution in [2.45, 2.75) is 37.6 Å². The molecule has 2 aromatic rings. The third-order valence-corrected chi connectivity index (χ3v) is 5.91. The van der Waals surface area contributed by atoms with Crippen LogP contribution in [0.3, 0.4) is 0 Å². The Hall–Kier alpha value is -2.36. The first-order valence-electron chi connectivity index (χ1n) is 9.94. The number of hydrogen-bond donors (Lipinski definition) is 1. The number of nitriles is 1. The first-order valence-corrected chi connectivity index (χ1v) is 10.3. The fourth-order valence-electron chi connectivity index (χ4n) is 3.91. The molecule has 0 spiro atoms. The maximum atomic E-state index is 9.80. The molecule has 0 radical (unpaired) electrons. The summed E-state index contributed by atoms with van der Waals surface area (Å²) in [6, 6.07) is 8.12. The van der Waals surface area contributed by atoms with Gasteiger partial charge in [-0.05, 0) is 37.7 Å². The van der Waals surface area contributed by atoms with Crippen molar-refractivity contribution in [1.29, 1.82) is 5.26 Å². The summed E-state index contributed by atoms with van der Waals surface area (Å²) in [5, 5.41) is 13.8. The number of pyridine rings is 2. The van der Waals surface area contributed by atoms with Gasteiger partial charge in [0.15, 0.2) is 5.75 Å². The minimum atomic E-state index is 0.377. The van der Waals surface area contributed by atoms with Crippen molar-refractivity contribution >= 4 is 17.4 Å². The zero-order chi connectivity index (χ0) is 19.1. The molecule has 3 aliphatic rings. The molecule has 2 aromatic heterocycles. The zero-order valence-corrected chi connectivity index (χ0v) is 16.3. The summed E-state index contributed by atoms with van der Waals surface area (Å²) in [6.45, 7) is 2.71. The van der Waals surface area contributed by atoms with Gasteiger partial charge in [0.25, 0.3) is 0 Å². The molecule has 144 valence electrons. The Labute approximate surface area is 169 Å². The maximum Gasteiger partial charge on any atom is 0.150 e. The van der Waals surface area contributed by atoms with Crippen LogP contribution in [0.1, 0.15) is 42.9 Å². The lowest BCUT2D eigenvalue weighted by molar-refractivity contribution is 0.416. The van der Waals surface area contributed by atoms with E-state index in [1.54, 1.807) is 18.3 Å². The highest BCUT2D eigenvalue weighted by Crippen LogP contribution is 2.46. The standard InChI is InChI=1S/C21H22ClN5O/c22-19-10-16(5-6-25-19)28-18-9-15(11-23)21(26-20(18)14-3-4-14)27-8-7-24-17(12-27)13-1-2-13/h5-6,9-10,13-14,17,24H,1-4,7-8,12H2.